The fourth-order valence-corrected chi connectivity index (χ4v) is 0.838. The van der Waals surface area contributed by atoms with Crippen LogP contribution in [0.3, 0.4) is 0 Å². The van der Waals surface area contributed by atoms with Crippen LogP contribution in [0.4, 0.5) is 10.5 Å². The van der Waals surface area contributed by atoms with E-state index in [2.05, 4.69) is 10.2 Å². The molecule has 1 aromatic rings. The number of aromatic nitrogens is 2. The van der Waals surface area contributed by atoms with E-state index in [-0.39, 0.29) is 6.03 Å². The predicted octanol–water partition coefficient (Wildman–Crippen LogP) is 0.527. The average molecular weight is 168 g/mol. The van der Waals surface area contributed by atoms with Crippen molar-refractivity contribution in [2.45, 2.75) is 0 Å². The number of anilines is 1. The maximum atomic E-state index is 11.4. The van der Waals surface area contributed by atoms with Crippen molar-refractivity contribution in [3.05, 3.63) is 12.4 Å². The van der Waals surface area contributed by atoms with Gasteiger partial charge in [-0.3, -0.25) is 10.00 Å². The molecule has 5 nitrogen and oxygen atoms in total. The molecule has 0 aliphatic rings. The molecule has 12 heavy (non-hydrogen) atoms. The van der Waals surface area contributed by atoms with E-state index in [0.29, 0.717) is 0 Å². The minimum Gasteiger partial charge on any atom is -0.330 e. The van der Waals surface area contributed by atoms with Crippen molar-refractivity contribution in [2.75, 3.05) is 26.0 Å². The molecule has 0 saturated carbocycles. The predicted molar refractivity (Wildman–Crippen MR) is 46.1 cm³/mol. The van der Waals surface area contributed by atoms with Gasteiger partial charge in [-0.1, -0.05) is 0 Å². The summed E-state index contributed by atoms with van der Waals surface area (Å²) in [6.07, 6.45) is 3.27. The standard InChI is InChI=1S/C7H12N4O/c1-10(2)7(12)11(3)6-4-8-9-5-6/h4-5H,1-3H3,(H,8,9). The van der Waals surface area contributed by atoms with Crippen LogP contribution in [0.15, 0.2) is 12.4 Å². The monoisotopic (exact) mass is 168 g/mol. The van der Waals surface area contributed by atoms with Crippen LogP contribution in [0.1, 0.15) is 0 Å². The molecule has 0 spiro atoms. The summed E-state index contributed by atoms with van der Waals surface area (Å²) in [7, 11) is 5.12. The van der Waals surface area contributed by atoms with Crippen LogP contribution in [-0.4, -0.2) is 42.3 Å². The van der Waals surface area contributed by atoms with E-state index in [9.17, 15) is 4.79 Å². The first-order chi connectivity index (χ1) is 5.63. The van der Waals surface area contributed by atoms with E-state index in [1.807, 2.05) is 0 Å². The number of H-pyrrole nitrogens is 1. The number of nitrogens with one attached hydrogen (secondary N) is 1. The van der Waals surface area contributed by atoms with Gasteiger partial charge in [0, 0.05) is 27.3 Å². The summed E-state index contributed by atoms with van der Waals surface area (Å²) in [5, 5.41) is 6.39. The van der Waals surface area contributed by atoms with Crippen molar-refractivity contribution >= 4 is 11.7 Å². The van der Waals surface area contributed by atoms with Gasteiger partial charge in [-0.2, -0.15) is 5.10 Å². The average Bonchev–Trinajstić information content (AvgIpc) is 2.53. The second-order valence-corrected chi connectivity index (χ2v) is 2.69. The lowest BCUT2D eigenvalue weighted by molar-refractivity contribution is 0.225. The molecule has 1 N–H and O–H groups in total. The Hall–Kier alpha value is -1.52. The minimum absolute atomic E-state index is 0.0728. The van der Waals surface area contributed by atoms with Crippen LogP contribution in [-0.2, 0) is 0 Å². The number of hydrogen-bond donors (Lipinski definition) is 1. The van der Waals surface area contributed by atoms with Crippen molar-refractivity contribution in [2.24, 2.45) is 0 Å². The third-order valence-corrected chi connectivity index (χ3v) is 1.54. The van der Waals surface area contributed by atoms with Crippen molar-refractivity contribution in [1.82, 2.24) is 15.1 Å². The number of urea groups is 1. The summed E-state index contributed by atoms with van der Waals surface area (Å²) in [4.78, 5) is 14.4. The first kappa shape index (κ1) is 8.58. The Bertz CT molecular complexity index is 254. The SMILES string of the molecule is CN(C)C(=O)N(C)c1cn[nH]c1. The van der Waals surface area contributed by atoms with Gasteiger partial charge in [-0.25, -0.2) is 4.79 Å². The first-order valence-corrected chi connectivity index (χ1v) is 3.56. The van der Waals surface area contributed by atoms with E-state index in [4.69, 9.17) is 0 Å². The van der Waals surface area contributed by atoms with E-state index in [1.54, 1.807) is 33.5 Å². The van der Waals surface area contributed by atoms with Crippen LogP contribution >= 0.6 is 0 Å². The normalized spacial score (nSPS) is 9.58. The topological polar surface area (TPSA) is 52.2 Å². The molecule has 1 rings (SSSR count). The Morgan fingerprint density at radius 3 is 2.58 bits per heavy atom. The van der Waals surface area contributed by atoms with Gasteiger partial charge in [-0.15, -0.1) is 0 Å². The number of aromatic amines is 1. The fraction of sp³-hybridized carbons (Fsp3) is 0.429. The van der Waals surface area contributed by atoms with Gasteiger partial charge in [0.05, 0.1) is 11.9 Å². The Kier molecular flexibility index (Phi) is 2.32. The minimum atomic E-state index is -0.0728. The number of carbonyl (C=O) groups is 1. The molecule has 0 radical (unpaired) electrons. The number of rotatable bonds is 1. The van der Waals surface area contributed by atoms with Gasteiger partial charge in [0.2, 0.25) is 0 Å². The number of hydrogen-bond acceptors (Lipinski definition) is 2. The van der Waals surface area contributed by atoms with Crippen LogP contribution in [0.25, 0.3) is 0 Å². The highest BCUT2D eigenvalue weighted by atomic mass is 16.2. The summed E-state index contributed by atoms with van der Waals surface area (Å²) in [5.74, 6) is 0. The van der Waals surface area contributed by atoms with Crippen molar-refractivity contribution < 1.29 is 4.79 Å². The smallest absolute Gasteiger partial charge is 0.323 e. The molecule has 0 aliphatic carbocycles. The quantitative estimate of drug-likeness (QED) is 0.665. The lowest BCUT2D eigenvalue weighted by atomic mass is 10.5. The number of amides is 2. The fourth-order valence-electron chi connectivity index (χ4n) is 0.838. The lowest BCUT2D eigenvalue weighted by Gasteiger charge is -2.19. The molecule has 0 fully saturated rings. The molecule has 0 unspecified atom stereocenters. The maximum Gasteiger partial charge on any atom is 0.323 e. The van der Waals surface area contributed by atoms with Gasteiger partial charge in [0.1, 0.15) is 0 Å². The number of carbonyl (C=O) groups excluding carboxylic acids is 1. The zero-order chi connectivity index (χ0) is 9.14. The van der Waals surface area contributed by atoms with Crippen molar-refractivity contribution in [3.63, 3.8) is 0 Å². The van der Waals surface area contributed by atoms with Gasteiger partial charge in [-0.05, 0) is 0 Å². The van der Waals surface area contributed by atoms with E-state index in [1.165, 1.54) is 9.80 Å². The summed E-state index contributed by atoms with van der Waals surface area (Å²) in [5.41, 5.74) is 0.758. The third-order valence-electron chi connectivity index (χ3n) is 1.54. The van der Waals surface area contributed by atoms with Gasteiger partial charge in [0.15, 0.2) is 0 Å². The number of nitrogens with zero attached hydrogens (tertiary/aromatic N) is 3. The molecule has 2 amide bonds. The molecular formula is C7H12N4O. The van der Waals surface area contributed by atoms with Crippen LogP contribution in [0.2, 0.25) is 0 Å². The van der Waals surface area contributed by atoms with Crippen LogP contribution < -0.4 is 4.90 Å². The second kappa shape index (κ2) is 3.25. The van der Waals surface area contributed by atoms with Crippen molar-refractivity contribution in [1.29, 1.82) is 0 Å². The Balaban J connectivity index is 2.72. The molecule has 0 bridgehead atoms. The highest BCUT2D eigenvalue weighted by Gasteiger charge is 2.12. The lowest BCUT2D eigenvalue weighted by Crippen LogP contribution is -2.36. The molecule has 66 valence electrons. The Morgan fingerprint density at radius 1 is 1.50 bits per heavy atom. The van der Waals surface area contributed by atoms with E-state index in [0.717, 1.165) is 5.69 Å². The zero-order valence-corrected chi connectivity index (χ0v) is 7.40. The molecule has 0 aliphatic heterocycles. The van der Waals surface area contributed by atoms with Gasteiger partial charge >= 0.3 is 6.03 Å². The maximum absolute atomic E-state index is 11.4. The van der Waals surface area contributed by atoms with Crippen LogP contribution in [0.5, 0.6) is 0 Å². The van der Waals surface area contributed by atoms with Gasteiger partial charge < -0.3 is 4.90 Å². The molecule has 0 aromatic carbocycles. The first-order valence-electron chi connectivity index (χ1n) is 3.56. The Labute approximate surface area is 71.0 Å². The largest absolute Gasteiger partial charge is 0.330 e. The van der Waals surface area contributed by atoms with Crippen LogP contribution in [0, 0.1) is 0 Å². The third kappa shape index (κ3) is 1.55. The molecule has 0 atom stereocenters. The van der Waals surface area contributed by atoms with E-state index >= 15 is 0 Å². The highest BCUT2D eigenvalue weighted by Crippen LogP contribution is 2.09. The zero-order valence-electron chi connectivity index (χ0n) is 7.40. The summed E-state index contributed by atoms with van der Waals surface area (Å²) in [6.45, 7) is 0. The molecule has 1 aromatic heterocycles. The molecule has 0 saturated heterocycles. The van der Waals surface area contributed by atoms with Crippen molar-refractivity contribution in [3.8, 4) is 0 Å². The Morgan fingerprint density at radius 2 is 2.17 bits per heavy atom. The summed E-state index contributed by atoms with van der Waals surface area (Å²) >= 11 is 0. The second-order valence-electron chi connectivity index (χ2n) is 2.69. The summed E-state index contributed by atoms with van der Waals surface area (Å²) in [6, 6.07) is -0.0728. The highest BCUT2D eigenvalue weighted by molar-refractivity contribution is 5.90. The molecule has 1 heterocycles. The van der Waals surface area contributed by atoms with Gasteiger partial charge in [0.25, 0.3) is 0 Å². The molecule has 5 heteroatoms. The van der Waals surface area contributed by atoms with E-state index < -0.39 is 0 Å². The molecular weight excluding hydrogens is 156 g/mol. The summed E-state index contributed by atoms with van der Waals surface area (Å²) < 4.78 is 0.